The van der Waals surface area contributed by atoms with E-state index in [1.807, 2.05) is 0 Å². The molecule has 0 aliphatic rings. The minimum Gasteiger partial charge on any atom is -0.496 e. The predicted octanol–water partition coefficient (Wildman–Crippen LogP) is 3.71. The standard InChI is InChI=1S/C16H13Br2ClN2O4/c1-24-13-5-3-10(19)7-11(13)16(23)21-20-15(22)8-25-14-4-2-9(17)6-12(14)18/h2-7H,8H2,1H3,(H,20,22)(H,21,23). The van der Waals surface area contributed by atoms with Gasteiger partial charge in [-0.25, -0.2) is 0 Å². The zero-order valence-electron chi connectivity index (χ0n) is 12.9. The molecule has 0 spiro atoms. The summed E-state index contributed by atoms with van der Waals surface area (Å²) in [4.78, 5) is 23.9. The third kappa shape index (κ3) is 5.62. The minimum absolute atomic E-state index is 0.201. The van der Waals surface area contributed by atoms with Gasteiger partial charge in [-0.05, 0) is 52.3 Å². The number of hydrazine groups is 1. The smallest absolute Gasteiger partial charge is 0.276 e. The van der Waals surface area contributed by atoms with E-state index in [1.165, 1.54) is 13.2 Å². The molecule has 6 nitrogen and oxygen atoms in total. The Morgan fingerprint density at radius 1 is 1.08 bits per heavy atom. The molecule has 0 saturated heterocycles. The number of benzene rings is 2. The van der Waals surface area contributed by atoms with Gasteiger partial charge in [0.25, 0.3) is 11.8 Å². The second-order valence-corrected chi connectivity index (χ2v) is 6.92. The van der Waals surface area contributed by atoms with E-state index in [9.17, 15) is 9.59 Å². The molecular weight excluding hydrogens is 479 g/mol. The van der Waals surface area contributed by atoms with Gasteiger partial charge in [0.15, 0.2) is 6.61 Å². The van der Waals surface area contributed by atoms with E-state index in [-0.39, 0.29) is 12.2 Å². The molecule has 0 radical (unpaired) electrons. The van der Waals surface area contributed by atoms with E-state index in [1.54, 1.807) is 30.3 Å². The molecule has 132 valence electrons. The lowest BCUT2D eigenvalue weighted by Gasteiger charge is -2.12. The molecule has 0 aliphatic heterocycles. The largest absolute Gasteiger partial charge is 0.496 e. The molecule has 0 atom stereocenters. The molecule has 25 heavy (non-hydrogen) atoms. The molecular formula is C16H13Br2ClN2O4. The average molecular weight is 493 g/mol. The summed E-state index contributed by atoms with van der Waals surface area (Å²) in [6.07, 6.45) is 0. The molecule has 2 rings (SSSR count). The van der Waals surface area contributed by atoms with Crippen molar-refractivity contribution in [3.63, 3.8) is 0 Å². The van der Waals surface area contributed by atoms with Crippen LogP contribution in [0, 0.1) is 0 Å². The van der Waals surface area contributed by atoms with Gasteiger partial charge in [0.05, 0.1) is 17.1 Å². The topological polar surface area (TPSA) is 76.7 Å². The summed E-state index contributed by atoms with van der Waals surface area (Å²) in [5, 5.41) is 0.376. The second kappa shape index (κ2) is 9.07. The number of methoxy groups -OCH3 is 1. The first kappa shape index (κ1) is 19.6. The Hall–Kier alpha value is -1.77. The maximum Gasteiger partial charge on any atom is 0.276 e. The van der Waals surface area contributed by atoms with Gasteiger partial charge in [-0.15, -0.1) is 0 Å². The average Bonchev–Trinajstić information content (AvgIpc) is 2.58. The molecule has 9 heteroatoms. The van der Waals surface area contributed by atoms with Gasteiger partial charge in [0.2, 0.25) is 0 Å². The highest BCUT2D eigenvalue weighted by Crippen LogP contribution is 2.28. The summed E-state index contributed by atoms with van der Waals surface area (Å²) >= 11 is 12.5. The number of hydrogen-bond acceptors (Lipinski definition) is 4. The third-order valence-electron chi connectivity index (χ3n) is 2.97. The Balaban J connectivity index is 1.89. The maximum absolute atomic E-state index is 12.1. The SMILES string of the molecule is COc1ccc(Cl)cc1C(=O)NNC(=O)COc1ccc(Br)cc1Br. The Morgan fingerprint density at radius 3 is 2.48 bits per heavy atom. The maximum atomic E-state index is 12.1. The van der Waals surface area contributed by atoms with Gasteiger partial charge in [-0.3, -0.25) is 20.4 Å². The summed E-state index contributed by atoms with van der Waals surface area (Å²) in [7, 11) is 1.43. The summed E-state index contributed by atoms with van der Waals surface area (Å²) in [5.41, 5.74) is 4.75. The number of amides is 2. The molecule has 0 bridgehead atoms. The quantitative estimate of drug-likeness (QED) is 0.624. The van der Waals surface area contributed by atoms with Crippen LogP contribution >= 0.6 is 43.5 Å². The van der Waals surface area contributed by atoms with Gasteiger partial charge in [-0.2, -0.15) is 0 Å². The lowest BCUT2D eigenvalue weighted by atomic mass is 10.2. The van der Waals surface area contributed by atoms with Crippen molar-refractivity contribution in [1.82, 2.24) is 10.9 Å². The molecule has 0 fully saturated rings. The van der Waals surface area contributed by atoms with Gasteiger partial charge in [-0.1, -0.05) is 27.5 Å². The van der Waals surface area contributed by atoms with Crippen molar-refractivity contribution in [2.45, 2.75) is 0 Å². The summed E-state index contributed by atoms with van der Waals surface area (Å²) in [6, 6.07) is 9.88. The van der Waals surface area contributed by atoms with Crippen LogP contribution in [0.5, 0.6) is 11.5 Å². The number of ether oxygens (including phenoxy) is 2. The Bertz CT molecular complexity index is 802. The van der Waals surface area contributed by atoms with Crippen molar-refractivity contribution < 1.29 is 19.1 Å². The van der Waals surface area contributed by atoms with Crippen LogP contribution in [0.2, 0.25) is 5.02 Å². The van der Waals surface area contributed by atoms with Crippen LogP contribution < -0.4 is 20.3 Å². The molecule has 2 amide bonds. The molecule has 0 saturated carbocycles. The predicted molar refractivity (Wildman–Crippen MR) is 101 cm³/mol. The minimum atomic E-state index is -0.558. The number of nitrogens with one attached hydrogen (secondary N) is 2. The number of halogens is 3. The fourth-order valence-electron chi connectivity index (χ4n) is 1.82. The van der Waals surface area contributed by atoms with Crippen molar-refractivity contribution in [3.8, 4) is 11.5 Å². The molecule has 2 aromatic rings. The second-order valence-electron chi connectivity index (χ2n) is 4.71. The van der Waals surface area contributed by atoms with E-state index >= 15 is 0 Å². The zero-order chi connectivity index (χ0) is 18.4. The molecule has 0 aromatic heterocycles. The normalized spacial score (nSPS) is 10.1. The first-order valence-electron chi connectivity index (χ1n) is 6.91. The molecule has 2 N–H and O–H groups in total. The van der Waals surface area contributed by atoms with Gasteiger partial charge in [0.1, 0.15) is 11.5 Å². The fourth-order valence-corrected chi connectivity index (χ4v) is 3.16. The summed E-state index contributed by atoms with van der Waals surface area (Å²) in [6.45, 7) is -0.271. The molecule has 0 aliphatic carbocycles. The van der Waals surface area contributed by atoms with Crippen LogP contribution in [-0.2, 0) is 4.79 Å². The van der Waals surface area contributed by atoms with Crippen LogP contribution in [0.25, 0.3) is 0 Å². The van der Waals surface area contributed by atoms with Crippen LogP contribution in [0.15, 0.2) is 45.3 Å². The number of hydrogen-bond donors (Lipinski definition) is 2. The third-order valence-corrected chi connectivity index (χ3v) is 4.32. The van der Waals surface area contributed by atoms with Crippen molar-refractivity contribution in [3.05, 3.63) is 55.9 Å². The van der Waals surface area contributed by atoms with E-state index in [4.69, 9.17) is 21.1 Å². The van der Waals surface area contributed by atoms with E-state index in [2.05, 4.69) is 42.7 Å². The summed E-state index contributed by atoms with van der Waals surface area (Å²) in [5.74, 6) is -0.242. The summed E-state index contributed by atoms with van der Waals surface area (Å²) < 4.78 is 12.0. The van der Waals surface area contributed by atoms with Gasteiger partial charge >= 0.3 is 0 Å². The highest BCUT2D eigenvalue weighted by atomic mass is 79.9. The van der Waals surface area contributed by atoms with Crippen LogP contribution in [0.3, 0.4) is 0 Å². The number of carbonyl (C=O) groups excluding carboxylic acids is 2. The van der Waals surface area contributed by atoms with Gasteiger partial charge in [0, 0.05) is 9.50 Å². The van der Waals surface area contributed by atoms with Gasteiger partial charge < -0.3 is 9.47 Å². The monoisotopic (exact) mass is 490 g/mol. The highest BCUT2D eigenvalue weighted by Gasteiger charge is 2.14. The first-order valence-corrected chi connectivity index (χ1v) is 8.87. The van der Waals surface area contributed by atoms with Crippen molar-refractivity contribution in [2.24, 2.45) is 0 Å². The van der Waals surface area contributed by atoms with Crippen LogP contribution in [-0.4, -0.2) is 25.5 Å². The molecule has 0 heterocycles. The van der Waals surface area contributed by atoms with Crippen LogP contribution in [0.4, 0.5) is 0 Å². The Kier molecular flexibility index (Phi) is 7.10. The highest BCUT2D eigenvalue weighted by molar-refractivity contribution is 9.11. The zero-order valence-corrected chi connectivity index (χ0v) is 16.9. The number of rotatable bonds is 5. The Labute approximate surface area is 166 Å². The molecule has 2 aromatic carbocycles. The first-order chi connectivity index (χ1) is 11.9. The fraction of sp³-hybridized carbons (Fsp3) is 0.125. The molecule has 0 unspecified atom stereocenters. The van der Waals surface area contributed by atoms with E-state index < -0.39 is 11.8 Å². The van der Waals surface area contributed by atoms with Crippen LogP contribution in [0.1, 0.15) is 10.4 Å². The Morgan fingerprint density at radius 2 is 1.80 bits per heavy atom. The van der Waals surface area contributed by atoms with Crippen molar-refractivity contribution in [2.75, 3.05) is 13.7 Å². The lowest BCUT2D eigenvalue weighted by molar-refractivity contribution is -0.123. The lowest BCUT2D eigenvalue weighted by Crippen LogP contribution is -2.43. The van der Waals surface area contributed by atoms with Crippen molar-refractivity contribution in [1.29, 1.82) is 0 Å². The van der Waals surface area contributed by atoms with E-state index in [0.29, 0.717) is 21.0 Å². The van der Waals surface area contributed by atoms with E-state index in [0.717, 1.165) is 4.47 Å². The number of carbonyl (C=O) groups is 2. The van der Waals surface area contributed by atoms with Crippen molar-refractivity contribution >= 4 is 55.3 Å².